The first-order valence-electron chi connectivity index (χ1n) is 9.62. The number of alkyl halides is 1. The fourth-order valence-electron chi connectivity index (χ4n) is 4.71. The van der Waals surface area contributed by atoms with Gasteiger partial charge in [-0.15, -0.1) is 11.6 Å². The molecular weight excluding hydrogens is 358 g/mol. The normalized spacial score (nSPS) is 28.9. The first kappa shape index (κ1) is 18.7. The van der Waals surface area contributed by atoms with Crippen molar-refractivity contribution in [3.8, 4) is 0 Å². The highest BCUT2D eigenvalue weighted by Gasteiger charge is 2.41. The van der Waals surface area contributed by atoms with Crippen LogP contribution in [-0.4, -0.2) is 13.3 Å². The SMILES string of the molecule is Cc1ccc(CCC2CCC(Cl)([SiH]3CCCCC3)CC2)c(Cl)c1F. The monoisotopic (exact) mass is 386 g/mol. The number of hydrogen-bond donors (Lipinski definition) is 0. The van der Waals surface area contributed by atoms with Crippen molar-refractivity contribution in [3.05, 3.63) is 34.1 Å². The standard InChI is InChI=1S/C20H29Cl2FSi/c1-15-5-7-17(18(21)19(15)23)8-6-16-9-11-20(22,12-10-16)24-13-3-2-4-14-24/h5,7,16,24H,2-4,6,8-14H2,1H3. The second-order valence-corrected chi connectivity index (χ2v) is 13.2. The van der Waals surface area contributed by atoms with Crippen molar-refractivity contribution in [1.82, 2.24) is 0 Å². The molecule has 0 spiro atoms. The Bertz CT molecular complexity index is 561. The second-order valence-electron chi connectivity index (χ2n) is 8.02. The van der Waals surface area contributed by atoms with Crippen LogP contribution in [0, 0.1) is 18.7 Å². The van der Waals surface area contributed by atoms with Crippen LogP contribution in [0.1, 0.15) is 62.5 Å². The van der Waals surface area contributed by atoms with Gasteiger partial charge in [0.25, 0.3) is 0 Å². The van der Waals surface area contributed by atoms with E-state index in [0.29, 0.717) is 10.6 Å². The van der Waals surface area contributed by atoms with Crippen molar-refractivity contribution in [2.75, 3.05) is 0 Å². The maximum atomic E-state index is 13.9. The first-order chi connectivity index (χ1) is 11.5. The molecule has 1 aromatic carbocycles. The zero-order chi connectivity index (χ0) is 17.2. The summed E-state index contributed by atoms with van der Waals surface area (Å²) in [6, 6.07) is 6.76. The predicted octanol–water partition coefficient (Wildman–Crippen LogP) is 6.84. The Hall–Kier alpha value is -0.0531. The molecule has 0 amide bonds. The van der Waals surface area contributed by atoms with Gasteiger partial charge in [-0.05, 0) is 62.5 Å². The molecule has 134 valence electrons. The second kappa shape index (κ2) is 8.10. The highest BCUT2D eigenvalue weighted by Crippen LogP contribution is 2.44. The van der Waals surface area contributed by atoms with Crippen LogP contribution in [0.15, 0.2) is 12.1 Å². The molecule has 0 radical (unpaired) electrons. The summed E-state index contributed by atoms with van der Waals surface area (Å²) in [5.41, 5.74) is 1.59. The largest absolute Gasteiger partial charge is 0.205 e. The molecule has 0 N–H and O–H groups in total. The van der Waals surface area contributed by atoms with Crippen LogP contribution in [0.5, 0.6) is 0 Å². The van der Waals surface area contributed by atoms with Gasteiger partial charge in [-0.25, -0.2) is 4.39 Å². The highest BCUT2D eigenvalue weighted by molar-refractivity contribution is 6.72. The summed E-state index contributed by atoms with van der Waals surface area (Å²) >= 11 is 13.3. The van der Waals surface area contributed by atoms with Gasteiger partial charge in [-0.1, -0.05) is 55.1 Å². The molecule has 0 unspecified atom stereocenters. The lowest BCUT2D eigenvalue weighted by atomic mass is 9.84. The third kappa shape index (κ3) is 4.19. The van der Waals surface area contributed by atoms with Crippen LogP contribution in [0.4, 0.5) is 4.39 Å². The van der Waals surface area contributed by atoms with Crippen molar-refractivity contribution in [2.24, 2.45) is 5.92 Å². The van der Waals surface area contributed by atoms with Gasteiger partial charge in [0.1, 0.15) is 5.82 Å². The Morgan fingerprint density at radius 2 is 1.83 bits per heavy atom. The highest BCUT2D eigenvalue weighted by atomic mass is 35.5. The number of hydrogen-bond acceptors (Lipinski definition) is 0. The van der Waals surface area contributed by atoms with E-state index >= 15 is 0 Å². The molecule has 1 aliphatic carbocycles. The van der Waals surface area contributed by atoms with Gasteiger partial charge >= 0.3 is 0 Å². The Labute approximate surface area is 157 Å². The van der Waals surface area contributed by atoms with Gasteiger partial charge < -0.3 is 0 Å². The van der Waals surface area contributed by atoms with Crippen molar-refractivity contribution in [2.45, 2.75) is 81.3 Å². The van der Waals surface area contributed by atoms with E-state index < -0.39 is 8.80 Å². The molecule has 0 aromatic heterocycles. The first-order valence-corrected chi connectivity index (χ1v) is 12.6. The average molecular weight is 387 g/mol. The van der Waals surface area contributed by atoms with Gasteiger partial charge in [0.05, 0.1) is 13.8 Å². The van der Waals surface area contributed by atoms with Gasteiger partial charge in [-0.2, -0.15) is 0 Å². The molecule has 2 fully saturated rings. The van der Waals surface area contributed by atoms with Gasteiger partial charge in [-0.3, -0.25) is 0 Å². The summed E-state index contributed by atoms with van der Waals surface area (Å²) in [6.45, 7) is 1.77. The maximum Gasteiger partial charge on any atom is 0.144 e. The fraction of sp³-hybridized carbons (Fsp3) is 0.700. The van der Waals surface area contributed by atoms with E-state index in [4.69, 9.17) is 23.2 Å². The molecule has 1 saturated heterocycles. The van der Waals surface area contributed by atoms with E-state index in [0.717, 1.165) is 24.3 Å². The summed E-state index contributed by atoms with van der Waals surface area (Å²) in [6.07, 6.45) is 11.2. The lowest BCUT2D eigenvalue weighted by Crippen LogP contribution is -2.44. The van der Waals surface area contributed by atoms with Crippen LogP contribution in [-0.2, 0) is 6.42 Å². The molecule has 3 rings (SSSR count). The average Bonchev–Trinajstić information content (AvgIpc) is 2.61. The van der Waals surface area contributed by atoms with Crippen molar-refractivity contribution in [3.63, 3.8) is 0 Å². The van der Waals surface area contributed by atoms with Crippen molar-refractivity contribution >= 4 is 32.0 Å². The molecule has 1 aliphatic heterocycles. The van der Waals surface area contributed by atoms with E-state index in [1.54, 1.807) is 6.92 Å². The number of rotatable bonds is 4. The van der Waals surface area contributed by atoms with Crippen molar-refractivity contribution in [1.29, 1.82) is 0 Å². The van der Waals surface area contributed by atoms with Gasteiger partial charge in [0.2, 0.25) is 0 Å². The minimum absolute atomic E-state index is 0.199. The summed E-state index contributed by atoms with van der Waals surface area (Å²) < 4.78 is 14.1. The Kier molecular flexibility index (Phi) is 6.32. The number of halogens is 3. The molecule has 1 saturated carbocycles. The number of aryl methyl sites for hydroxylation is 2. The molecular formula is C20H29Cl2FSi. The number of benzene rings is 1. The fourth-order valence-corrected chi connectivity index (χ4v) is 9.93. The Morgan fingerprint density at radius 3 is 2.50 bits per heavy atom. The topological polar surface area (TPSA) is 0 Å². The minimum Gasteiger partial charge on any atom is -0.205 e. The lowest BCUT2D eigenvalue weighted by molar-refractivity contribution is 0.321. The van der Waals surface area contributed by atoms with Crippen molar-refractivity contribution < 1.29 is 4.39 Å². The third-order valence-electron chi connectivity index (χ3n) is 6.45. The molecule has 4 heteroatoms. The minimum atomic E-state index is -0.755. The summed E-state index contributed by atoms with van der Waals surface area (Å²) in [5.74, 6) is 0.482. The summed E-state index contributed by atoms with van der Waals surface area (Å²) in [7, 11) is -0.755. The zero-order valence-corrected chi connectivity index (χ0v) is 17.4. The molecule has 24 heavy (non-hydrogen) atoms. The summed E-state index contributed by atoms with van der Waals surface area (Å²) in [5, 5.41) is 0.326. The summed E-state index contributed by atoms with van der Waals surface area (Å²) in [4.78, 5) is 0. The third-order valence-corrected chi connectivity index (χ3v) is 12.4. The Balaban J connectivity index is 1.51. The molecule has 2 aliphatic rings. The van der Waals surface area contributed by atoms with E-state index in [1.165, 1.54) is 57.0 Å². The van der Waals surface area contributed by atoms with Gasteiger partial charge in [0, 0.05) is 4.50 Å². The van der Waals surface area contributed by atoms with Crippen LogP contribution in [0.2, 0.25) is 17.1 Å². The predicted molar refractivity (Wildman–Crippen MR) is 106 cm³/mol. The molecule has 0 atom stereocenters. The molecule has 0 bridgehead atoms. The Morgan fingerprint density at radius 1 is 1.17 bits per heavy atom. The lowest BCUT2D eigenvalue weighted by Gasteiger charge is -2.42. The van der Waals surface area contributed by atoms with Crippen LogP contribution in [0.25, 0.3) is 0 Å². The molecule has 0 nitrogen and oxygen atoms in total. The van der Waals surface area contributed by atoms with E-state index in [9.17, 15) is 4.39 Å². The van der Waals surface area contributed by atoms with E-state index in [1.807, 2.05) is 12.1 Å². The zero-order valence-electron chi connectivity index (χ0n) is 14.7. The van der Waals surface area contributed by atoms with Crippen LogP contribution >= 0.6 is 23.2 Å². The van der Waals surface area contributed by atoms with Crippen LogP contribution in [0.3, 0.4) is 0 Å². The van der Waals surface area contributed by atoms with Gasteiger partial charge in [0.15, 0.2) is 0 Å². The maximum absolute atomic E-state index is 13.9. The molecule has 1 heterocycles. The quantitative estimate of drug-likeness (QED) is 0.392. The smallest absolute Gasteiger partial charge is 0.144 e. The van der Waals surface area contributed by atoms with E-state index in [2.05, 4.69) is 0 Å². The van der Waals surface area contributed by atoms with Crippen LogP contribution < -0.4 is 0 Å². The molecule has 1 aromatic rings. The van der Waals surface area contributed by atoms with E-state index in [-0.39, 0.29) is 10.3 Å².